The second-order valence-electron chi connectivity index (χ2n) is 10.1. The molecule has 184 valence electrons. The van der Waals surface area contributed by atoms with Gasteiger partial charge in [0.05, 0.1) is 18.4 Å². The molecule has 0 aromatic heterocycles. The van der Waals surface area contributed by atoms with Crippen molar-refractivity contribution in [3.8, 4) is 0 Å². The molecule has 3 N–H and O–H groups in total. The summed E-state index contributed by atoms with van der Waals surface area (Å²) in [6.45, 7) is 7.66. The Kier molecular flexibility index (Phi) is 8.00. The second-order valence-corrected chi connectivity index (χ2v) is 10.1. The van der Waals surface area contributed by atoms with Crippen molar-refractivity contribution in [2.45, 2.75) is 84.0 Å². The molecule has 3 aliphatic rings. The lowest BCUT2D eigenvalue weighted by Gasteiger charge is -2.49. The molecule has 3 rings (SSSR count). The van der Waals surface area contributed by atoms with E-state index in [1.807, 2.05) is 19.9 Å². The number of cyclic esters (lactones) is 1. The van der Waals surface area contributed by atoms with Crippen LogP contribution in [0.25, 0.3) is 0 Å². The van der Waals surface area contributed by atoms with E-state index < -0.39 is 41.6 Å². The number of amides is 1. The van der Waals surface area contributed by atoms with Gasteiger partial charge >= 0.3 is 11.9 Å². The molecule has 33 heavy (non-hydrogen) atoms. The maximum Gasteiger partial charge on any atom is 0.309 e. The standard InChI is InChI=1S/C25H37NO7/c1-5-15(3)23(29)33-25(24(30)26-31)13-14(2)10-17-7-6-16(4)20(22(17)25)9-8-19-11-18(27)12-21(28)32-19/h6-7,10,14-16,18-20,22,27,31H,5,8-9,11-13H2,1-4H3,(H,26,30)/t14-,15-,16-,18+,19+,20-,22-,25-/m0/s1. The number of hydrogen-bond acceptors (Lipinski definition) is 7. The van der Waals surface area contributed by atoms with Crippen LogP contribution in [0.5, 0.6) is 0 Å². The molecule has 1 aliphatic heterocycles. The number of hydrogen-bond donors (Lipinski definition) is 3. The molecule has 8 atom stereocenters. The van der Waals surface area contributed by atoms with Gasteiger partial charge in [-0.05, 0) is 42.6 Å². The van der Waals surface area contributed by atoms with Gasteiger partial charge in [0.2, 0.25) is 0 Å². The maximum absolute atomic E-state index is 13.2. The monoisotopic (exact) mass is 463 g/mol. The lowest BCUT2D eigenvalue weighted by atomic mass is 9.59. The third kappa shape index (κ3) is 5.32. The van der Waals surface area contributed by atoms with Gasteiger partial charge in [0.25, 0.3) is 5.91 Å². The van der Waals surface area contributed by atoms with Gasteiger partial charge in [0.1, 0.15) is 6.10 Å². The fourth-order valence-corrected chi connectivity index (χ4v) is 5.60. The second kappa shape index (κ2) is 10.4. The zero-order chi connectivity index (χ0) is 24.3. The van der Waals surface area contributed by atoms with Crippen molar-refractivity contribution in [1.82, 2.24) is 5.48 Å². The number of ether oxygens (including phenoxy) is 2. The first-order chi connectivity index (χ1) is 15.6. The van der Waals surface area contributed by atoms with Crippen molar-refractivity contribution >= 4 is 17.8 Å². The van der Waals surface area contributed by atoms with Gasteiger partial charge in [-0.15, -0.1) is 0 Å². The van der Waals surface area contributed by atoms with Gasteiger partial charge in [-0.1, -0.05) is 45.9 Å². The maximum atomic E-state index is 13.2. The van der Waals surface area contributed by atoms with Crippen LogP contribution < -0.4 is 5.48 Å². The molecule has 8 nitrogen and oxygen atoms in total. The molecular weight excluding hydrogens is 426 g/mol. The summed E-state index contributed by atoms with van der Waals surface area (Å²) in [4.78, 5) is 37.9. The summed E-state index contributed by atoms with van der Waals surface area (Å²) >= 11 is 0. The summed E-state index contributed by atoms with van der Waals surface area (Å²) in [5.41, 5.74) is 1.15. The molecule has 0 bridgehead atoms. The first-order valence-corrected chi connectivity index (χ1v) is 12.1. The van der Waals surface area contributed by atoms with Crippen molar-refractivity contribution in [1.29, 1.82) is 0 Å². The summed E-state index contributed by atoms with van der Waals surface area (Å²) in [7, 11) is 0. The van der Waals surface area contributed by atoms with Crippen LogP contribution in [-0.4, -0.2) is 46.0 Å². The third-order valence-corrected chi connectivity index (χ3v) is 7.50. The summed E-state index contributed by atoms with van der Waals surface area (Å²) < 4.78 is 11.4. The minimum Gasteiger partial charge on any atom is -0.462 e. The number of aliphatic hydroxyl groups excluding tert-OH is 1. The Morgan fingerprint density at radius 2 is 2.06 bits per heavy atom. The predicted molar refractivity (Wildman–Crippen MR) is 120 cm³/mol. The smallest absolute Gasteiger partial charge is 0.309 e. The molecule has 0 radical (unpaired) electrons. The van der Waals surface area contributed by atoms with Crippen LogP contribution in [-0.2, 0) is 23.9 Å². The summed E-state index contributed by atoms with van der Waals surface area (Å²) in [6.07, 6.45) is 7.46. The van der Waals surface area contributed by atoms with Gasteiger partial charge < -0.3 is 14.6 Å². The number of carbonyl (C=O) groups is 3. The molecule has 2 aliphatic carbocycles. The van der Waals surface area contributed by atoms with E-state index in [9.17, 15) is 24.7 Å². The van der Waals surface area contributed by atoms with Crippen molar-refractivity contribution in [2.75, 3.05) is 0 Å². The molecular formula is C25H37NO7. The van der Waals surface area contributed by atoms with Crippen molar-refractivity contribution < 1.29 is 34.2 Å². The SMILES string of the molecule is CC[C@H](C)C(=O)O[C@@]1(C(=O)NO)C[C@@H](C)C=C2C=C[C@H](C)[C@H](CC[C@@H]3C[C@@H](O)CC(=O)O3)[C@H]21. The van der Waals surface area contributed by atoms with Gasteiger partial charge in [-0.25, -0.2) is 5.48 Å². The zero-order valence-electron chi connectivity index (χ0n) is 20.0. The highest BCUT2D eigenvalue weighted by Gasteiger charge is 2.57. The Hall–Kier alpha value is -2.19. The predicted octanol–water partition coefficient (Wildman–Crippen LogP) is 3.07. The molecule has 1 heterocycles. The molecule has 0 spiro atoms. The average molecular weight is 464 g/mol. The van der Waals surface area contributed by atoms with Crippen LogP contribution in [0, 0.1) is 29.6 Å². The summed E-state index contributed by atoms with van der Waals surface area (Å²) in [6, 6.07) is 0. The number of aliphatic hydroxyl groups is 1. The molecule has 8 heteroatoms. The van der Waals surface area contributed by atoms with E-state index in [1.54, 1.807) is 12.4 Å². The number of hydroxylamine groups is 1. The Labute approximate surface area is 195 Å². The van der Waals surface area contributed by atoms with Crippen molar-refractivity contribution in [3.05, 3.63) is 23.8 Å². The van der Waals surface area contributed by atoms with Crippen LogP contribution in [0.2, 0.25) is 0 Å². The van der Waals surface area contributed by atoms with Gasteiger partial charge in [0, 0.05) is 18.8 Å². The quantitative estimate of drug-likeness (QED) is 0.301. The van der Waals surface area contributed by atoms with E-state index in [0.29, 0.717) is 25.7 Å². The van der Waals surface area contributed by atoms with Crippen LogP contribution >= 0.6 is 0 Å². The first-order valence-electron chi connectivity index (χ1n) is 12.1. The van der Waals surface area contributed by atoms with E-state index in [-0.39, 0.29) is 36.5 Å². The topological polar surface area (TPSA) is 122 Å². The highest BCUT2D eigenvalue weighted by Crippen LogP contribution is 2.51. The Morgan fingerprint density at radius 3 is 2.70 bits per heavy atom. The fourth-order valence-electron chi connectivity index (χ4n) is 5.60. The van der Waals surface area contributed by atoms with Crippen LogP contribution in [0.1, 0.15) is 66.2 Å². The molecule has 0 unspecified atom stereocenters. The number of carbonyl (C=O) groups excluding carboxylic acids is 3. The van der Waals surface area contributed by atoms with Gasteiger partial charge in [-0.2, -0.15) is 0 Å². The Bertz CT molecular complexity index is 822. The van der Waals surface area contributed by atoms with Crippen molar-refractivity contribution in [3.63, 3.8) is 0 Å². The zero-order valence-corrected chi connectivity index (χ0v) is 20.0. The normalized spacial score (nSPS) is 36.8. The average Bonchev–Trinajstić information content (AvgIpc) is 2.76. The van der Waals surface area contributed by atoms with Crippen LogP contribution in [0.15, 0.2) is 23.8 Å². The largest absolute Gasteiger partial charge is 0.462 e. The molecule has 1 amide bonds. The minimum atomic E-state index is -1.54. The lowest BCUT2D eigenvalue weighted by molar-refractivity contribution is -0.188. The van der Waals surface area contributed by atoms with E-state index in [2.05, 4.69) is 19.1 Å². The number of esters is 2. The highest BCUT2D eigenvalue weighted by atomic mass is 16.6. The summed E-state index contributed by atoms with van der Waals surface area (Å²) in [5, 5.41) is 19.6. The summed E-state index contributed by atoms with van der Waals surface area (Å²) in [5.74, 6) is -2.46. The molecule has 1 fully saturated rings. The minimum absolute atomic E-state index is 0.0117. The molecule has 0 aromatic rings. The van der Waals surface area contributed by atoms with Crippen molar-refractivity contribution in [2.24, 2.45) is 29.6 Å². The number of allylic oxidation sites excluding steroid dienone is 3. The number of nitrogens with one attached hydrogen (secondary N) is 1. The van der Waals surface area contributed by atoms with Gasteiger partial charge in [-0.3, -0.25) is 19.6 Å². The lowest BCUT2D eigenvalue weighted by Crippen LogP contribution is -2.60. The van der Waals surface area contributed by atoms with Gasteiger partial charge in [0.15, 0.2) is 5.60 Å². The number of rotatable bonds is 7. The third-order valence-electron chi connectivity index (χ3n) is 7.50. The Morgan fingerprint density at radius 1 is 1.33 bits per heavy atom. The van der Waals surface area contributed by atoms with Crippen LogP contribution in [0.4, 0.5) is 0 Å². The highest BCUT2D eigenvalue weighted by molar-refractivity contribution is 5.89. The fraction of sp³-hybridized carbons (Fsp3) is 0.720. The Balaban J connectivity index is 1.95. The van der Waals surface area contributed by atoms with Crippen LogP contribution in [0.3, 0.4) is 0 Å². The number of fused-ring (bicyclic) bond motifs is 1. The van der Waals surface area contributed by atoms with E-state index >= 15 is 0 Å². The van der Waals surface area contributed by atoms with E-state index in [1.165, 1.54) is 0 Å². The first kappa shape index (κ1) is 25.4. The molecule has 0 aromatic carbocycles. The molecule has 1 saturated heterocycles. The van der Waals surface area contributed by atoms with E-state index in [0.717, 1.165) is 5.57 Å². The van der Waals surface area contributed by atoms with E-state index in [4.69, 9.17) is 9.47 Å². The molecule has 0 saturated carbocycles.